The van der Waals surface area contributed by atoms with Crippen molar-refractivity contribution in [1.82, 2.24) is 9.55 Å². The molecule has 1 aliphatic carbocycles. The standard InChI is InChI=1S/C13H17N3S/c1-9-7-12(17-10(9)2)8-15-13-14-5-6-16(13)11-3-4-11/h5-7,11H,3-4,8H2,1-2H3,(H,14,15). The van der Waals surface area contributed by atoms with E-state index in [4.69, 9.17) is 0 Å². The number of anilines is 1. The Morgan fingerprint density at radius 1 is 1.47 bits per heavy atom. The van der Waals surface area contributed by atoms with E-state index in [1.807, 2.05) is 17.5 Å². The lowest BCUT2D eigenvalue weighted by molar-refractivity contribution is 0.743. The smallest absolute Gasteiger partial charge is 0.203 e. The molecule has 17 heavy (non-hydrogen) atoms. The molecule has 2 aromatic heterocycles. The van der Waals surface area contributed by atoms with Crippen molar-refractivity contribution < 1.29 is 0 Å². The lowest BCUT2D eigenvalue weighted by Gasteiger charge is -2.07. The summed E-state index contributed by atoms with van der Waals surface area (Å²) >= 11 is 1.87. The maximum Gasteiger partial charge on any atom is 0.203 e. The number of aryl methyl sites for hydroxylation is 2. The summed E-state index contributed by atoms with van der Waals surface area (Å²) in [5.41, 5.74) is 1.39. The fraction of sp³-hybridized carbons (Fsp3) is 0.462. The van der Waals surface area contributed by atoms with Crippen LogP contribution in [-0.2, 0) is 6.54 Å². The van der Waals surface area contributed by atoms with Gasteiger partial charge in [-0.25, -0.2) is 4.98 Å². The van der Waals surface area contributed by atoms with E-state index < -0.39 is 0 Å². The first-order valence-electron chi connectivity index (χ1n) is 6.06. The van der Waals surface area contributed by atoms with Crippen molar-refractivity contribution in [2.45, 2.75) is 39.3 Å². The van der Waals surface area contributed by atoms with Gasteiger partial charge in [0.1, 0.15) is 0 Å². The molecule has 4 heteroatoms. The second-order valence-corrected chi connectivity index (χ2v) is 6.04. The third-order valence-electron chi connectivity index (χ3n) is 3.25. The van der Waals surface area contributed by atoms with E-state index in [0.29, 0.717) is 6.04 Å². The van der Waals surface area contributed by atoms with Crippen molar-refractivity contribution in [3.63, 3.8) is 0 Å². The predicted octanol–water partition coefficient (Wildman–Crippen LogP) is 3.51. The van der Waals surface area contributed by atoms with Gasteiger partial charge in [-0.1, -0.05) is 0 Å². The molecular weight excluding hydrogens is 230 g/mol. The number of imidazole rings is 1. The zero-order chi connectivity index (χ0) is 11.8. The molecule has 3 rings (SSSR count). The summed E-state index contributed by atoms with van der Waals surface area (Å²) in [6, 6.07) is 2.95. The first-order chi connectivity index (χ1) is 8.24. The average molecular weight is 247 g/mol. The topological polar surface area (TPSA) is 29.9 Å². The fourth-order valence-corrected chi connectivity index (χ4v) is 2.99. The van der Waals surface area contributed by atoms with Crippen molar-refractivity contribution >= 4 is 17.3 Å². The van der Waals surface area contributed by atoms with Gasteiger partial charge in [0, 0.05) is 28.2 Å². The van der Waals surface area contributed by atoms with E-state index in [9.17, 15) is 0 Å². The van der Waals surface area contributed by atoms with E-state index in [0.717, 1.165) is 12.5 Å². The summed E-state index contributed by atoms with van der Waals surface area (Å²) in [5, 5.41) is 3.43. The molecule has 0 saturated heterocycles. The number of nitrogens with one attached hydrogen (secondary N) is 1. The molecular formula is C13H17N3S. The molecule has 1 N–H and O–H groups in total. The maximum atomic E-state index is 4.38. The van der Waals surface area contributed by atoms with Gasteiger partial charge in [-0.15, -0.1) is 11.3 Å². The summed E-state index contributed by atoms with van der Waals surface area (Å²) in [7, 11) is 0. The molecule has 0 aliphatic heterocycles. The van der Waals surface area contributed by atoms with Crippen LogP contribution < -0.4 is 5.32 Å². The van der Waals surface area contributed by atoms with Crippen LogP contribution in [-0.4, -0.2) is 9.55 Å². The summed E-state index contributed by atoms with van der Waals surface area (Å²) in [6.45, 7) is 5.22. The van der Waals surface area contributed by atoms with Crippen LogP contribution in [0.3, 0.4) is 0 Å². The van der Waals surface area contributed by atoms with Crippen LogP contribution in [0.4, 0.5) is 5.95 Å². The van der Waals surface area contributed by atoms with Gasteiger partial charge >= 0.3 is 0 Å². The minimum atomic E-state index is 0.687. The Kier molecular flexibility index (Phi) is 2.67. The molecule has 2 aromatic rings. The highest BCUT2D eigenvalue weighted by molar-refractivity contribution is 7.12. The first kappa shape index (κ1) is 10.8. The first-order valence-corrected chi connectivity index (χ1v) is 6.88. The Morgan fingerprint density at radius 2 is 2.29 bits per heavy atom. The van der Waals surface area contributed by atoms with Crippen LogP contribution in [0.25, 0.3) is 0 Å². The monoisotopic (exact) mass is 247 g/mol. The largest absolute Gasteiger partial charge is 0.351 e. The van der Waals surface area contributed by atoms with E-state index in [1.165, 1.54) is 28.2 Å². The minimum Gasteiger partial charge on any atom is -0.351 e. The Bertz CT molecular complexity index is 503. The molecule has 0 aromatic carbocycles. The maximum absolute atomic E-state index is 4.38. The van der Waals surface area contributed by atoms with Crippen molar-refractivity contribution in [3.8, 4) is 0 Å². The number of hydrogen-bond acceptors (Lipinski definition) is 3. The molecule has 1 aliphatic rings. The molecule has 90 valence electrons. The van der Waals surface area contributed by atoms with Crippen LogP contribution >= 0.6 is 11.3 Å². The fourth-order valence-electron chi connectivity index (χ4n) is 2.00. The number of nitrogens with zero attached hydrogens (tertiary/aromatic N) is 2. The van der Waals surface area contributed by atoms with E-state index in [2.05, 4.69) is 41.0 Å². The number of hydrogen-bond donors (Lipinski definition) is 1. The summed E-state index contributed by atoms with van der Waals surface area (Å²) in [5.74, 6) is 1.01. The van der Waals surface area contributed by atoms with Crippen molar-refractivity contribution in [3.05, 3.63) is 33.8 Å². The molecule has 0 spiro atoms. The summed E-state index contributed by atoms with van der Waals surface area (Å²) in [4.78, 5) is 7.17. The van der Waals surface area contributed by atoms with Crippen molar-refractivity contribution in [2.75, 3.05) is 5.32 Å². The molecule has 3 nitrogen and oxygen atoms in total. The van der Waals surface area contributed by atoms with Gasteiger partial charge < -0.3 is 9.88 Å². The molecule has 0 unspecified atom stereocenters. The summed E-state index contributed by atoms with van der Waals surface area (Å²) < 4.78 is 2.26. The van der Waals surface area contributed by atoms with Gasteiger partial charge in [-0.05, 0) is 38.3 Å². The van der Waals surface area contributed by atoms with Crippen LogP contribution in [0.15, 0.2) is 18.5 Å². The van der Waals surface area contributed by atoms with Crippen LogP contribution in [0.5, 0.6) is 0 Å². The lowest BCUT2D eigenvalue weighted by atomic mass is 10.3. The SMILES string of the molecule is Cc1cc(CNc2nccn2C2CC2)sc1C. The molecule has 2 heterocycles. The van der Waals surface area contributed by atoms with Crippen molar-refractivity contribution in [2.24, 2.45) is 0 Å². The number of aromatic nitrogens is 2. The zero-order valence-corrected chi connectivity index (χ0v) is 11.0. The normalized spacial score (nSPS) is 15.2. The predicted molar refractivity (Wildman–Crippen MR) is 71.6 cm³/mol. The van der Waals surface area contributed by atoms with E-state index in [-0.39, 0.29) is 0 Å². The van der Waals surface area contributed by atoms with Gasteiger partial charge in [-0.2, -0.15) is 0 Å². The highest BCUT2D eigenvalue weighted by atomic mass is 32.1. The van der Waals surface area contributed by atoms with Gasteiger partial charge in [0.2, 0.25) is 5.95 Å². The summed E-state index contributed by atoms with van der Waals surface area (Å²) in [6.07, 6.45) is 6.54. The molecule has 0 atom stereocenters. The average Bonchev–Trinajstić information content (AvgIpc) is 2.96. The van der Waals surface area contributed by atoms with Crippen LogP contribution in [0.2, 0.25) is 0 Å². The third kappa shape index (κ3) is 2.22. The van der Waals surface area contributed by atoms with E-state index >= 15 is 0 Å². The second kappa shape index (κ2) is 4.18. The molecule has 0 bridgehead atoms. The Balaban J connectivity index is 1.68. The Morgan fingerprint density at radius 3 is 2.94 bits per heavy atom. The second-order valence-electron chi connectivity index (χ2n) is 4.69. The van der Waals surface area contributed by atoms with Gasteiger partial charge in [0.25, 0.3) is 0 Å². The Hall–Kier alpha value is -1.29. The molecule has 1 saturated carbocycles. The number of rotatable bonds is 4. The quantitative estimate of drug-likeness (QED) is 0.896. The molecule has 0 amide bonds. The highest BCUT2D eigenvalue weighted by Gasteiger charge is 2.25. The Labute approximate surface area is 106 Å². The van der Waals surface area contributed by atoms with Gasteiger partial charge in [0.15, 0.2) is 0 Å². The zero-order valence-electron chi connectivity index (χ0n) is 10.2. The minimum absolute atomic E-state index is 0.687. The lowest BCUT2D eigenvalue weighted by Crippen LogP contribution is -2.05. The van der Waals surface area contributed by atoms with Gasteiger partial charge in [-0.3, -0.25) is 0 Å². The molecule has 0 radical (unpaired) electrons. The van der Waals surface area contributed by atoms with Crippen molar-refractivity contribution in [1.29, 1.82) is 0 Å². The highest BCUT2D eigenvalue weighted by Crippen LogP contribution is 2.36. The van der Waals surface area contributed by atoms with Gasteiger partial charge in [0.05, 0.1) is 6.54 Å². The third-order valence-corrected chi connectivity index (χ3v) is 4.40. The number of thiophene rings is 1. The van der Waals surface area contributed by atoms with Crippen LogP contribution in [0, 0.1) is 13.8 Å². The van der Waals surface area contributed by atoms with Crippen LogP contribution in [0.1, 0.15) is 34.2 Å². The van der Waals surface area contributed by atoms with E-state index in [1.54, 1.807) is 0 Å². The molecule has 1 fully saturated rings.